The number of rotatable bonds is 10. The highest BCUT2D eigenvalue weighted by atomic mass is 127. The molecule has 3 aromatic rings. The molecule has 2 N–H and O–H groups in total. The molecule has 1 aromatic heterocycles. The summed E-state index contributed by atoms with van der Waals surface area (Å²) in [5.74, 6) is -0.623. The fourth-order valence-electron chi connectivity index (χ4n) is 5.01. The van der Waals surface area contributed by atoms with Crippen molar-refractivity contribution in [2.75, 3.05) is 25.0 Å². The second kappa shape index (κ2) is 13.9. The Balaban J connectivity index is 1.43. The Morgan fingerprint density at radius 2 is 1.82 bits per heavy atom. The van der Waals surface area contributed by atoms with Crippen molar-refractivity contribution in [3.05, 3.63) is 81.9 Å². The van der Waals surface area contributed by atoms with Crippen molar-refractivity contribution < 1.29 is 22.8 Å². The molecule has 1 aliphatic rings. The monoisotopic (exact) mass is 684 g/mol. The summed E-state index contributed by atoms with van der Waals surface area (Å²) >= 11 is 3.27. The number of thiazole rings is 1. The fourth-order valence-corrected chi connectivity index (χ4v) is 6.26. The van der Waals surface area contributed by atoms with Crippen molar-refractivity contribution in [1.29, 1.82) is 0 Å². The van der Waals surface area contributed by atoms with Crippen LogP contribution in [-0.4, -0.2) is 41.3 Å². The lowest BCUT2D eigenvalue weighted by atomic mass is 9.89. The molecule has 1 fully saturated rings. The van der Waals surface area contributed by atoms with Gasteiger partial charge in [-0.25, -0.2) is 4.98 Å². The minimum Gasteiger partial charge on any atom is -0.351 e. The molecule has 0 saturated carbocycles. The van der Waals surface area contributed by atoms with Gasteiger partial charge in [0.1, 0.15) is 0 Å². The number of nitrogens with zero attached hydrogens (tertiary/aromatic N) is 2. The van der Waals surface area contributed by atoms with Gasteiger partial charge in [-0.1, -0.05) is 59.0 Å². The molecule has 11 heteroatoms. The van der Waals surface area contributed by atoms with E-state index in [1.807, 2.05) is 28.7 Å². The number of likely N-dealkylation sites (tertiary alicyclic amines) is 1. The first-order chi connectivity index (χ1) is 19.1. The molecule has 0 spiro atoms. The maximum absolute atomic E-state index is 13.4. The lowest BCUT2D eigenvalue weighted by Gasteiger charge is -2.32. The van der Waals surface area contributed by atoms with E-state index < -0.39 is 17.7 Å². The quantitative estimate of drug-likeness (QED) is 0.184. The minimum atomic E-state index is -4.46. The van der Waals surface area contributed by atoms with E-state index in [0.29, 0.717) is 45.3 Å². The molecule has 4 rings (SSSR count). The summed E-state index contributed by atoms with van der Waals surface area (Å²) in [6, 6.07) is 14.4. The van der Waals surface area contributed by atoms with Gasteiger partial charge in [0.15, 0.2) is 5.13 Å². The molecule has 1 atom stereocenters. The van der Waals surface area contributed by atoms with Crippen molar-refractivity contribution in [1.82, 2.24) is 15.2 Å². The highest BCUT2D eigenvalue weighted by Gasteiger charge is 2.31. The van der Waals surface area contributed by atoms with E-state index in [9.17, 15) is 22.8 Å². The second-order valence-corrected chi connectivity index (χ2v) is 11.6. The molecule has 1 aliphatic heterocycles. The van der Waals surface area contributed by atoms with Crippen molar-refractivity contribution in [2.45, 2.75) is 55.2 Å². The van der Waals surface area contributed by atoms with Crippen molar-refractivity contribution in [2.24, 2.45) is 0 Å². The number of nitrogens with one attached hydrogen (secondary N) is 2. The van der Waals surface area contributed by atoms with Gasteiger partial charge in [-0.3, -0.25) is 9.59 Å². The average molecular weight is 685 g/mol. The van der Waals surface area contributed by atoms with Crippen LogP contribution in [0.25, 0.3) is 0 Å². The van der Waals surface area contributed by atoms with E-state index in [2.05, 4.69) is 44.8 Å². The normalized spacial score (nSPS) is 15.5. The van der Waals surface area contributed by atoms with E-state index in [1.165, 1.54) is 23.8 Å². The molecule has 0 aliphatic carbocycles. The van der Waals surface area contributed by atoms with Crippen molar-refractivity contribution in [3.63, 3.8) is 0 Å². The Bertz CT molecular complexity index is 1290. The van der Waals surface area contributed by atoms with E-state index in [4.69, 9.17) is 0 Å². The van der Waals surface area contributed by atoms with Crippen LogP contribution in [0.2, 0.25) is 0 Å². The molecule has 1 saturated heterocycles. The predicted octanol–water partition coefficient (Wildman–Crippen LogP) is 6.73. The van der Waals surface area contributed by atoms with Gasteiger partial charge in [-0.05, 0) is 73.6 Å². The largest absolute Gasteiger partial charge is 0.416 e. The van der Waals surface area contributed by atoms with Crippen LogP contribution < -0.4 is 10.6 Å². The van der Waals surface area contributed by atoms with Crippen LogP contribution in [0.3, 0.4) is 0 Å². The average Bonchev–Trinajstić information content (AvgIpc) is 3.39. The number of carbonyl (C=O) groups excluding carboxylic acids is 2. The summed E-state index contributed by atoms with van der Waals surface area (Å²) in [6.45, 7) is 3.91. The van der Waals surface area contributed by atoms with Crippen LogP contribution in [0.4, 0.5) is 18.3 Å². The molecule has 2 amide bonds. The Kier molecular flexibility index (Phi) is 10.6. The predicted molar refractivity (Wildman–Crippen MR) is 160 cm³/mol. The SMILES string of the molecule is CC(=O)Nc1nc(C(CCN2CCC(c3ccccc3)CC2)C(=O)NCc2cc(CI)cc(C(F)(F)F)c2)cs1. The molecular formula is C29H32F3IN4O2S. The highest BCUT2D eigenvalue weighted by Crippen LogP contribution is 2.32. The molecular weight excluding hydrogens is 652 g/mol. The van der Waals surface area contributed by atoms with Crippen LogP contribution in [-0.2, 0) is 26.7 Å². The van der Waals surface area contributed by atoms with Crippen LogP contribution in [0.1, 0.15) is 66.0 Å². The third-order valence-electron chi connectivity index (χ3n) is 7.07. The van der Waals surface area contributed by atoms with Crippen LogP contribution in [0.5, 0.6) is 0 Å². The number of hydrogen-bond donors (Lipinski definition) is 2. The first-order valence-electron chi connectivity index (χ1n) is 13.2. The zero-order valence-corrected chi connectivity index (χ0v) is 25.1. The lowest BCUT2D eigenvalue weighted by molar-refractivity contribution is -0.137. The first-order valence-corrected chi connectivity index (χ1v) is 15.6. The van der Waals surface area contributed by atoms with Crippen LogP contribution >= 0.6 is 33.9 Å². The zero-order valence-electron chi connectivity index (χ0n) is 22.1. The summed E-state index contributed by atoms with van der Waals surface area (Å²) < 4.78 is 40.6. The van der Waals surface area contributed by atoms with E-state index in [1.54, 1.807) is 11.4 Å². The molecule has 0 radical (unpaired) electrons. The molecule has 1 unspecified atom stereocenters. The minimum absolute atomic E-state index is 0.0198. The van der Waals surface area contributed by atoms with Crippen LogP contribution in [0, 0.1) is 0 Å². The molecule has 6 nitrogen and oxygen atoms in total. The van der Waals surface area contributed by atoms with Gasteiger partial charge in [0.25, 0.3) is 0 Å². The third kappa shape index (κ3) is 8.50. The number of anilines is 1. The number of hydrogen-bond acceptors (Lipinski definition) is 5. The van der Waals surface area contributed by atoms with Gasteiger partial charge >= 0.3 is 6.18 Å². The molecule has 2 heterocycles. The Morgan fingerprint density at radius 3 is 2.48 bits per heavy atom. The fraction of sp³-hybridized carbons (Fsp3) is 0.414. The molecule has 0 bridgehead atoms. The summed E-state index contributed by atoms with van der Waals surface area (Å²) in [7, 11) is 0. The van der Waals surface area contributed by atoms with E-state index in [0.717, 1.165) is 38.1 Å². The van der Waals surface area contributed by atoms with Crippen molar-refractivity contribution in [3.8, 4) is 0 Å². The summed E-state index contributed by atoms with van der Waals surface area (Å²) in [6.07, 6.45) is -1.87. The Hall–Kier alpha value is -2.51. The number of alkyl halides is 4. The van der Waals surface area contributed by atoms with Crippen LogP contribution in [0.15, 0.2) is 53.9 Å². The number of aromatic nitrogens is 1. The maximum atomic E-state index is 13.4. The summed E-state index contributed by atoms with van der Waals surface area (Å²) in [5, 5.41) is 7.67. The number of amides is 2. The van der Waals surface area contributed by atoms with Gasteiger partial charge in [-0.2, -0.15) is 13.2 Å². The lowest BCUT2D eigenvalue weighted by Crippen LogP contribution is -2.36. The standard InChI is InChI=1S/C29H32F3IN4O2S/c1-19(38)35-28-36-26(18-40-28)25(9-12-37-10-7-23(8-11-37)22-5-3-2-4-6-22)27(39)34-17-21-13-20(16-33)14-24(15-21)29(30,31)32/h2-6,13-15,18,23,25H,7-12,16-17H2,1H3,(H,34,39)(H,35,36,38). The number of benzene rings is 2. The summed E-state index contributed by atoms with van der Waals surface area (Å²) in [4.78, 5) is 31.7. The van der Waals surface area contributed by atoms with E-state index >= 15 is 0 Å². The van der Waals surface area contributed by atoms with Gasteiger partial charge < -0.3 is 15.5 Å². The zero-order chi connectivity index (χ0) is 28.7. The van der Waals surface area contributed by atoms with Gasteiger partial charge in [0, 0.05) is 23.3 Å². The Morgan fingerprint density at radius 1 is 1.12 bits per heavy atom. The highest BCUT2D eigenvalue weighted by molar-refractivity contribution is 14.1. The smallest absolute Gasteiger partial charge is 0.351 e. The number of carbonyl (C=O) groups is 2. The third-order valence-corrected chi connectivity index (χ3v) is 8.73. The van der Waals surface area contributed by atoms with Gasteiger partial charge in [0.2, 0.25) is 11.8 Å². The maximum Gasteiger partial charge on any atom is 0.416 e. The summed E-state index contributed by atoms with van der Waals surface area (Å²) in [5.41, 5.74) is 2.12. The van der Waals surface area contributed by atoms with Crippen molar-refractivity contribution >= 4 is 50.9 Å². The Labute approximate surface area is 249 Å². The first kappa shape index (κ1) is 30.4. The van der Waals surface area contributed by atoms with Gasteiger partial charge in [-0.15, -0.1) is 11.3 Å². The van der Waals surface area contributed by atoms with Gasteiger partial charge in [0.05, 0.1) is 17.2 Å². The molecule has 214 valence electrons. The number of piperidine rings is 1. The van der Waals surface area contributed by atoms with E-state index in [-0.39, 0.29) is 18.4 Å². The topological polar surface area (TPSA) is 74.3 Å². The second-order valence-electron chi connectivity index (χ2n) is 10.0. The number of halogens is 4. The molecule has 2 aromatic carbocycles. The molecule has 40 heavy (non-hydrogen) atoms.